The first-order valence-electron chi connectivity index (χ1n) is 8.17. The van der Waals surface area contributed by atoms with Crippen LogP contribution in [-0.2, 0) is 0 Å². The van der Waals surface area contributed by atoms with Crippen LogP contribution < -0.4 is 0 Å². The summed E-state index contributed by atoms with van der Waals surface area (Å²) in [5.41, 5.74) is 6.24. The van der Waals surface area contributed by atoms with Crippen LogP contribution in [-0.4, -0.2) is 26.8 Å². The monoisotopic (exact) mass is 325 g/mol. The second-order valence-electron chi connectivity index (χ2n) is 7.97. The highest BCUT2D eigenvalue weighted by molar-refractivity contribution is 6.86. The summed E-state index contributed by atoms with van der Waals surface area (Å²) in [5, 5.41) is 0. The van der Waals surface area contributed by atoms with E-state index in [0.717, 1.165) is 6.42 Å². The third kappa shape index (κ3) is 3.95. The molecule has 0 fully saturated rings. The van der Waals surface area contributed by atoms with Crippen molar-refractivity contribution in [3.8, 4) is 0 Å². The van der Waals surface area contributed by atoms with E-state index in [2.05, 4.69) is 91.4 Å². The Bertz CT molecular complexity index is 655. The van der Waals surface area contributed by atoms with Gasteiger partial charge in [0.15, 0.2) is 6.51 Å². The molecule has 2 aliphatic rings. The van der Waals surface area contributed by atoms with Gasteiger partial charge in [-0.3, -0.25) is 0 Å². The highest BCUT2D eigenvalue weighted by Gasteiger charge is 2.35. The van der Waals surface area contributed by atoms with Crippen molar-refractivity contribution in [3.63, 3.8) is 0 Å². The van der Waals surface area contributed by atoms with Gasteiger partial charge in [0.05, 0.1) is 0 Å². The van der Waals surface area contributed by atoms with E-state index in [9.17, 15) is 0 Å². The van der Waals surface area contributed by atoms with E-state index in [0.29, 0.717) is 6.51 Å². The molecular weight excluding hydrogens is 297 g/mol. The molecule has 0 saturated heterocycles. The molecule has 116 valence electrons. The second-order valence-corrected chi connectivity index (χ2v) is 18.1. The molecule has 22 heavy (non-hydrogen) atoms. The average molecular weight is 325 g/mol. The molecule has 0 atom stereocenters. The molecule has 2 rings (SSSR count). The lowest BCUT2D eigenvalue weighted by atomic mass is 9.57. The summed E-state index contributed by atoms with van der Waals surface area (Å²) in [7, 11) is -2.92. The van der Waals surface area contributed by atoms with Crippen molar-refractivity contribution in [2.24, 2.45) is 0 Å². The number of hydrogen-bond donors (Lipinski definition) is 0. The fraction of sp³-hybridized carbons (Fsp3) is 0.389. The van der Waals surface area contributed by atoms with Crippen LogP contribution in [0.15, 0.2) is 65.3 Å². The van der Waals surface area contributed by atoms with Crippen molar-refractivity contribution >= 4 is 23.0 Å². The molecule has 0 aliphatic heterocycles. The molecule has 0 radical (unpaired) electrons. The lowest BCUT2D eigenvalue weighted by Crippen LogP contribution is -2.56. The highest BCUT2D eigenvalue weighted by Crippen LogP contribution is 2.22. The minimum absolute atomic E-state index is 0.351. The first kappa shape index (κ1) is 17.1. The molecule has 0 bridgehead atoms. The van der Waals surface area contributed by atoms with Gasteiger partial charge in [0.2, 0.25) is 0 Å². The van der Waals surface area contributed by atoms with E-state index in [1.807, 2.05) is 6.08 Å². The first-order valence-corrected chi connectivity index (χ1v) is 15.1. The standard InChI is InChI=1S/C18H28BNSi2/c1-21(2,3)20(22(4,5)6)19(18-15-11-12-16-18)17-13-9-7-8-10-14-17/h7-9,11-15H,10H2,1-6H3. The minimum Gasteiger partial charge on any atom is -0.652 e. The van der Waals surface area contributed by atoms with Crippen molar-refractivity contribution in [2.75, 3.05) is 0 Å². The maximum Gasteiger partial charge on any atom is 0.272 e. The second kappa shape index (κ2) is 6.49. The lowest BCUT2D eigenvalue weighted by Gasteiger charge is -2.42. The third-order valence-corrected chi connectivity index (χ3v) is 11.4. The molecule has 2 aliphatic carbocycles. The molecule has 0 saturated carbocycles. The molecule has 0 heterocycles. The molecule has 0 unspecified atom stereocenters. The number of hydrogen-bond acceptors (Lipinski definition) is 0. The summed E-state index contributed by atoms with van der Waals surface area (Å²) in [6, 6.07) is 0. The predicted octanol–water partition coefficient (Wildman–Crippen LogP) is 5.10. The Hall–Kier alpha value is -1.22. The summed E-state index contributed by atoms with van der Waals surface area (Å²) in [4.78, 5) is 0. The van der Waals surface area contributed by atoms with Crippen LogP contribution in [0.3, 0.4) is 0 Å². The molecular formula is C18H28BNSi2. The fourth-order valence-corrected chi connectivity index (χ4v) is 13.7. The van der Waals surface area contributed by atoms with Crippen molar-refractivity contribution in [3.05, 3.63) is 65.3 Å². The third-order valence-electron chi connectivity index (χ3n) is 3.96. The summed E-state index contributed by atoms with van der Waals surface area (Å²) in [5.74, 6) is 0. The van der Waals surface area contributed by atoms with Gasteiger partial charge in [0.25, 0.3) is 16.5 Å². The van der Waals surface area contributed by atoms with Gasteiger partial charge in [-0.05, 0) is 51.8 Å². The first-order chi connectivity index (χ1) is 10.2. The summed E-state index contributed by atoms with van der Waals surface area (Å²) < 4.78 is 2.88. The zero-order valence-corrected chi connectivity index (χ0v) is 16.9. The van der Waals surface area contributed by atoms with Crippen LogP contribution >= 0.6 is 0 Å². The van der Waals surface area contributed by atoms with Gasteiger partial charge in [-0.1, -0.05) is 36.5 Å². The minimum atomic E-state index is -1.46. The normalized spacial score (nSPS) is 17.4. The predicted molar refractivity (Wildman–Crippen MR) is 104 cm³/mol. The van der Waals surface area contributed by atoms with Gasteiger partial charge in [-0.15, -0.1) is 11.5 Å². The van der Waals surface area contributed by atoms with Crippen LogP contribution in [0.4, 0.5) is 0 Å². The Kier molecular flexibility index (Phi) is 5.06. The molecule has 0 amide bonds. The Morgan fingerprint density at radius 2 is 1.64 bits per heavy atom. The van der Waals surface area contributed by atoms with Crippen LogP contribution in [0.5, 0.6) is 0 Å². The van der Waals surface area contributed by atoms with Crippen molar-refractivity contribution in [1.29, 1.82) is 0 Å². The van der Waals surface area contributed by atoms with E-state index >= 15 is 0 Å². The SMILES string of the molecule is C[Si](C)(C)[N+](=[B-](C1=C=CC=C1)C1=CCC=CC=C1)[Si](C)(C)C. The van der Waals surface area contributed by atoms with Gasteiger partial charge in [0, 0.05) is 0 Å². The maximum atomic E-state index is 3.49. The van der Waals surface area contributed by atoms with E-state index in [4.69, 9.17) is 0 Å². The molecule has 4 heteroatoms. The number of rotatable bonds is 4. The van der Waals surface area contributed by atoms with Gasteiger partial charge in [-0.2, -0.15) is 11.2 Å². The molecule has 0 aromatic carbocycles. The highest BCUT2D eigenvalue weighted by atomic mass is 28.4. The largest absolute Gasteiger partial charge is 0.652 e. The number of allylic oxidation sites excluding steroid dienone is 9. The number of nitrogens with zero attached hydrogens (tertiary/aromatic N) is 1. The van der Waals surface area contributed by atoms with E-state index in [1.54, 1.807) is 0 Å². The quantitative estimate of drug-likeness (QED) is 0.500. The van der Waals surface area contributed by atoms with Crippen LogP contribution in [0.2, 0.25) is 39.3 Å². The Morgan fingerprint density at radius 1 is 0.955 bits per heavy atom. The van der Waals surface area contributed by atoms with Crippen molar-refractivity contribution in [2.45, 2.75) is 45.7 Å². The smallest absolute Gasteiger partial charge is 0.272 e. The molecule has 1 nitrogen and oxygen atoms in total. The zero-order valence-electron chi connectivity index (χ0n) is 14.9. The summed E-state index contributed by atoms with van der Waals surface area (Å²) >= 11 is 0. The van der Waals surface area contributed by atoms with E-state index in [-0.39, 0.29) is 0 Å². The average Bonchev–Trinajstić information content (AvgIpc) is 2.75. The molecule has 0 spiro atoms. The van der Waals surface area contributed by atoms with Crippen LogP contribution in [0, 0.1) is 0 Å². The van der Waals surface area contributed by atoms with Crippen LogP contribution in [0.25, 0.3) is 0 Å². The molecule has 0 N–H and O–H groups in total. The van der Waals surface area contributed by atoms with Gasteiger partial charge in [-0.25, -0.2) is 0 Å². The molecule has 0 aromatic rings. The Balaban J connectivity index is 2.76. The van der Waals surface area contributed by atoms with Gasteiger partial charge in [0.1, 0.15) is 0 Å². The van der Waals surface area contributed by atoms with E-state index in [1.165, 1.54) is 10.9 Å². The van der Waals surface area contributed by atoms with Crippen molar-refractivity contribution < 1.29 is 3.81 Å². The zero-order chi connectivity index (χ0) is 16.4. The fourth-order valence-electron chi connectivity index (χ4n) is 3.56. The van der Waals surface area contributed by atoms with Gasteiger partial charge < -0.3 is 3.81 Å². The summed E-state index contributed by atoms with van der Waals surface area (Å²) in [6.45, 7) is 15.2. The Morgan fingerprint density at radius 3 is 2.18 bits per heavy atom. The van der Waals surface area contributed by atoms with Crippen LogP contribution in [0.1, 0.15) is 6.42 Å². The maximum absolute atomic E-state index is 3.49. The van der Waals surface area contributed by atoms with Gasteiger partial charge >= 0.3 is 0 Å². The summed E-state index contributed by atoms with van der Waals surface area (Å²) in [6.07, 6.45) is 18.7. The Labute approximate surface area is 138 Å². The molecule has 0 aromatic heterocycles. The lowest BCUT2D eigenvalue weighted by molar-refractivity contribution is -0.234. The topological polar surface area (TPSA) is 3.01 Å². The van der Waals surface area contributed by atoms with E-state index < -0.39 is 16.5 Å². The van der Waals surface area contributed by atoms with Crippen molar-refractivity contribution in [1.82, 2.24) is 0 Å².